The molecule has 0 aliphatic carbocycles. The third-order valence-corrected chi connectivity index (χ3v) is 2.94. The number of carbonyl (C=O) groups excluding carboxylic acids is 1. The van der Waals surface area contributed by atoms with E-state index < -0.39 is 0 Å². The van der Waals surface area contributed by atoms with Gasteiger partial charge in [0, 0.05) is 19.2 Å². The van der Waals surface area contributed by atoms with Gasteiger partial charge in [0.1, 0.15) is 6.10 Å². The van der Waals surface area contributed by atoms with Gasteiger partial charge in [0.25, 0.3) is 0 Å². The van der Waals surface area contributed by atoms with Gasteiger partial charge in [-0.2, -0.15) is 0 Å². The molecule has 2 N–H and O–H groups in total. The molecule has 0 aromatic heterocycles. The van der Waals surface area contributed by atoms with Gasteiger partial charge in [0.15, 0.2) is 0 Å². The molecular formula is C11H23ClN2O2. The standard InChI is InChI=1S/C11H22N2O2.ClH/c1-4-15-9(3)11(14)13-10-7-12-6-5-8(10)2;/h8-10,12H,4-7H2,1-3H3,(H,13,14);1H. The molecule has 0 spiro atoms. The minimum absolute atomic E-state index is 0. The Hall–Kier alpha value is -0.320. The summed E-state index contributed by atoms with van der Waals surface area (Å²) in [5.74, 6) is 0.543. The highest BCUT2D eigenvalue weighted by Gasteiger charge is 2.24. The second-order valence-electron chi connectivity index (χ2n) is 4.18. The van der Waals surface area contributed by atoms with Gasteiger partial charge in [-0.25, -0.2) is 0 Å². The predicted molar refractivity (Wildman–Crippen MR) is 66.9 cm³/mol. The van der Waals surface area contributed by atoms with E-state index in [9.17, 15) is 4.79 Å². The highest BCUT2D eigenvalue weighted by molar-refractivity contribution is 5.85. The van der Waals surface area contributed by atoms with Crippen LogP contribution in [0.1, 0.15) is 27.2 Å². The van der Waals surface area contributed by atoms with Crippen molar-refractivity contribution >= 4 is 18.3 Å². The monoisotopic (exact) mass is 250 g/mol. The molecule has 0 radical (unpaired) electrons. The Kier molecular flexibility index (Phi) is 7.72. The van der Waals surface area contributed by atoms with Crippen LogP contribution in [0.2, 0.25) is 0 Å². The second-order valence-corrected chi connectivity index (χ2v) is 4.18. The average molecular weight is 251 g/mol. The molecule has 0 bridgehead atoms. The molecule has 1 aliphatic rings. The summed E-state index contributed by atoms with van der Waals surface area (Å²) in [7, 11) is 0. The largest absolute Gasteiger partial charge is 0.369 e. The van der Waals surface area contributed by atoms with Crippen LogP contribution in [0.3, 0.4) is 0 Å². The van der Waals surface area contributed by atoms with E-state index in [1.54, 1.807) is 6.92 Å². The van der Waals surface area contributed by atoms with Gasteiger partial charge < -0.3 is 15.4 Å². The molecule has 3 unspecified atom stereocenters. The third-order valence-electron chi connectivity index (χ3n) is 2.94. The third kappa shape index (κ3) is 4.68. The normalized spacial score (nSPS) is 26.7. The lowest BCUT2D eigenvalue weighted by molar-refractivity contribution is -0.132. The van der Waals surface area contributed by atoms with Crippen LogP contribution in [-0.2, 0) is 9.53 Å². The van der Waals surface area contributed by atoms with Crippen LogP contribution in [-0.4, -0.2) is 37.7 Å². The molecule has 1 rings (SSSR count). The van der Waals surface area contributed by atoms with E-state index in [4.69, 9.17) is 4.74 Å². The Labute approximate surface area is 104 Å². The maximum Gasteiger partial charge on any atom is 0.249 e. The molecule has 1 saturated heterocycles. The summed E-state index contributed by atoms with van der Waals surface area (Å²) in [6.07, 6.45) is 0.776. The number of carbonyl (C=O) groups is 1. The molecule has 0 aromatic carbocycles. The van der Waals surface area contributed by atoms with Crippen LogP contribution >= 0.6 is 12.4 Å². The molecule has 1 amide bonds. The lowest BCUT2D eigenvalue weighted by Crippen LogP contribution is -2.52. The minimum Gasteiger partial charge on any atom is -0.369 e. The average Bonchev–Trinajstić information content (AvgIpc) is 2.21. The number of hydrogen-bond acceptors (Lipinski definition) is 3. The Balaban J connectivity index is 0.00000225. The molecule has 3 atom stereocenters. The first-order chi connectivity index (χ1) is 7.15. The van der Waals surface area contributed by atoms with Crippen LogP contribution in [0.15, 0.2) is 0 Å². The van der Waals surface area contributed by atoms with Crippen molar-refractivity contribution in [2.75, 3.05) is 19.7 Å². The van der Waals surface area contributed by atoms with Gasteiger partial charge in [0.05, 0.1) is 0 Å². The summed E-state index contributed by atoms with van der Waals surface area (Å²) < 4.78 is 5.25. The topological polar surface area (TPSA) is 50.4 Å². The van der Waals surface area contributed by atoms with Gasteiger partial charge in [-0.15, -0.1) is 12.4 Å². The minimum atomic E-state index is -0.343. The maximum absolute atomic E-state index is 11.7. The number of piperidine rings is 1. The Morgan fingerprint density at radius 3 is 2.88 bits per heavy atom. The molecule has 16 heavy (non-hydrogen) atoms. The highest BCUT2D eigenvalue weighted by Crippen LogP contribution is 2.11. The molecule has 96 valence electrons. The highest BCUT2D eigenvalue weighted by atomic mass is 35.5. The second kappa shape index (κ2) is 7.87. The SMILES string of the molecule is CCOC(C)C(=O)NC1CNCCC1C.Cl. The van der Waals surface area contributed by atoms with E-state index in [2.05, 4.69) is 17.6 Å². The fraction of sp³-hybridized carbons (Fsp3) is 0.909. The number of rotatable bonds is 4. The van der Waals surface area contributed by atoms with E-state index in [-0.39, 0.29) is 30.5 Å². The molecule has 0 aromatic rings. The fourth-order valence-electron chi connectivity index (χ4n) is 1.81. The zero-order valence-electron chi connectivity index (χ0n) is 10.3. The molecule has 1 aliphatic heterocycles. The first-order valence-corrected chi connectivity index (χ1v) is 5.77. The summed E-state index contributed by atoms with van der Waals surface area (Å²) in [6.45, 7) is 8.36. The van der Waals surface area contributed by atoms with Crippen molar-refractivity contribution < 1.29 is 9.53 Å². The van der Waals surface area contributed by atoms with E-state index in [1.807, 2.05) is 6.92 Å². The molecule has 4 nitrogen and oxygen atoms in total. The smallest absolute Gasteiger partial charge is 0.249 e. The fourth-order valence-corrected chi connectivity index (χ4v) is 1.81. The van der Waals surface area contributed by atoms with Crippen molar-refractivity contribution in [3.05, 3.63) is 0 Å². The lowest BCUT2D eigenvalue weighted by Gasteiger charge is -2.31. The summed E-state index contributed by atoms with van der Waals surface area (Å²) in [4.78, 5) is 11.7. The Bertz CT molecular complexity index is 214. The lowest BCUT2D eigenvalue weighted by atomic mass is 9.95. The van der Waals surface area contributed by atoms with Gasteiger partial charge in [0.2, 0.25) is 5.91 Å². The number of hydrogen-bond donors (Lipinski definition) is 2. The summed E-state index contributed by atoms with van der Waals surface area (Å²) in [5.41, 5.74) is 0. The van der Waals surface area contributed by atoms with E-state index in [0.717, 1.165) is 19.5 Å². The van der Waals surface area contributed by atoms with Crippen molar-refractivity contribution in [2.45, 2.75) is 39.3 Å². The van der Waals surface area contributed by atoms with Crippen LogP contribution in [0.4, 0.5) is 0 Å². The quantitative estimate of drug-likeness (QED) is 0.781. The first-order valence-electron chi connectivity index (χ1n) is 5.77. The number of nitrogens with one attached hydrogen (secondary N) is 2. The van der Waals surface area contributed by atoms with E-state index in [0.29, 0.717) is 12.5 Å². The summed E-state index contributed by atoms with van der Waals surface area (Å²) >= 11 is 0. The Morgan fingerprint density at radius 2 is 2.31 bits per heavy atom. The van der Waals surface area contributed by atoms with Crippen molar-refractivity contribution in [1.29, 1.82) is 0 Å². The van der Waals surface area contributed by atoms with Crippen LogP contribution < -0.4 is 10.6 Å². The van der Waals surface area contributed by atoms with Crippen LogP contribution in [0.25, 0.3) is 0 Å². The van der Waals surface area contributed by atoms with Crippen molar-refractivity contribution in [3.63, 3.8) is 0 Å². The number of ether oxygens (including phenoxy) is 1. The van der Waals surface area contributed by atoms with Crippen molar-refractivity contribution in [1.82, 2.24) is 10.6 Å². The zero-order chi connectivity index (χ0) is 11.3. The van der Waals surface area contributed by atoms with Crippen LogP contribution in [0.5, 0.6) is 0 Å². The van der Waals surface area contributed by atoms with Gasteiger partial charge in [-0.05, 0) is 32.7 Å². The molecule has 1 heterocycles. The first kappa shape index (κ1) is 15.7. The Morgan fingerprint density at radius 1 is 1.62 bits per heavy atom. The number of halogens is 1. The van der Waals surface area contributed by atoms with E-state index in [1.165, 1.54) is 0 Å². The molecular weight excluding hydrogens is 228 g/mol. The van der Waals surface area contributed by atoms with Gasteiger partial charge >= 0.3 is 0 Å². The van der Waals surface area contributed by atoms with Gasteiger partial charge in [-0.1, -0.05) is 6.92 Å². The molecule has 5 heteroatoms. The van der Waals surface area contributed by atoms with Crippen LogP contribution in [0, 0.1) is 5.92 Å². The predicted octanol–water partition coefficient (Wildman–Crippen LogP) is 0.947. The summed E-state index contributed by atoms with van der Waals surface area (Å²) in [6, 6.07) is 0.245. The van der Waals surface area contributed by atoms with Gasteiger partial charge in [-0.3, -0.25) is 4.79 Å². The van der Waals surface area contributed by atoms with E-state index >= 15 is 0 Å². The molecule has 1 fully saturated rings. The number of amides is 1. The zero-order valence-corrected chi connectivity index (χ0v) is 11.1. The van der Waals surface area contributed by atoms with Crippen molar-refractivity contribution in [2.24, 2.45) is 5.92 Å². The maximum atomic E-state index is 11.7. The molecule has 0 saturated carbocycles. The van der Waals surface area contributed by atoms with Crippen molar-refractivity contribution in [3.8, 4) is 0 Å². The summed E-state index contributed by atoms with van der Waals surface area (Å²) in [5, 5.41) is 6.31.